The van der Waals surface area contributed by atoms with Crippen molar-refractivity contribution in [3.8, 4) is 0 Å². The van der Waals surface area contributed by atoms with E-state index in [1.807, 2.05) is 6.08 Å². The van der Waals surface area contributed by atoms with Crippen LogP contribution in [0.1, 0.15) is 97.8 Å². The van der Waals surface area contributed by atoms with Crippen molar-refractivity contribution in [1.29, 1.82) is 0 Å². The summed E-state index contributed by atoms with van der Waals surface area (Å²) in [5.74, 6) is -0.960. The quantitative estimate of drug-likeness (QED) is 0.130. The van der Waals surface area contributed by atoms with Crippen molar-refractivity contribution in [3.05, 3.63) is 11.6 Å². The largest absolute Gasteiger partial charge is 0.463 e. The number of nitrogens with one attached hydrogen (secondary N) is 2. The highest BCUT2D eigenvalue weighted by molar-refractivity contribution is 6.23. The molecule has 2 aliphatic carbocycles. The van der Waals surface area contributed by atoms with E-state index in [1.165, 1.54) is 0 Å². The standard InChI is InChI=1S/C31H51N3O5/c1-4-6-9-23(19-33-5-2)20-38-29(37)31-28(36)25-11-8-7-10-24(25)27(35)30(31,39-31)16-14-21(3)12-13-22-15-17-34-26(32)18-22/h14,22-26,33-34H,4-13,15-20,32H2,1-3H3. The van der Waals surface area contributed by atoms with Gasteiger partial charge in [-0.15, -0.1) is 0 Å². The van der Waals surface area contributed by atoms with E-state index in [2.05, 4.69) is 31.4 Å². The molecule has 0 bridgehead atoms. The lowest BCUT2D eigenvalue weighted by molar-refractivity contribution is -0.159. The minimum absolute atomic E-state index is 0.0621. The second kappa shape index (κ2) is 13.4. The monoisotopic (exact) mass is 545 g/mol. The van der Waals surface area contributed by atoms with Gasteiger partial charge in [-0.1, -0.05) is 51.2 Å². The summed E-state index contributed by atoms with van der Waals surface area (Å²) in [6.07, 6.45) is 12.6. The van der Waals surface area contributed by atoms with Crippen LogP contribution in [0.15, 0.2) is 11.6 Å². The van der Waals surface area contributed by atoms with E-state index in [0.29, 0.717) is 18.8 Å². The molecule has 0 aromatic carbocycles. The maximum Gasteiger partial charge on any atom is 0.349 e. The van der Waals surface area contributed by atoms with Gasteiger partial charge in [0.15, 0.2) is 17.2 Å². The van der Waals surface area contributed by atoms with Crippen molar-refractivity contribution in [2.75, 3.05) is 26.2 Å². The summed E-state index contributed by atoms with van der Waals surface area (Å²) in [7, 11) is 0. The fourth-order valence-corrected chi connectivity index (χ4v) is 7.15. The Kier molecular flexibility index (Phi) is 10.4. The van der Waals surface area contributed by atoms with E-state index in [4.69, 9.17) is 15.2 Å². The molecule has 8 heteroatoms. The number of hydrogen-bond donors (Lipinski definition) is 3. The highest BCUT2D eigenvalue weighted by atomic mass is 16.7. The number of piperidine rings is 1. The number of ketones is 2. The van der Waals surface area contributed by atoms with Crippen LogP contribution < -0.4 is 16.4 Å². The van der Waals surface area contributed by atoms with Gasteiger partial charge in [0, 0.05) is 30.7 Å². The summed E-state index contributed by atoms with van der Waals surface area (Å²) < 4.78 is 12.0. The smallest absolute Gasteiger partial charge is 0.349 e. The summed E-state index contributed by atoms with van der Waals surface area (Å²) in [6, 6.07) is 0. The van der Waals surface area contributed by atoms with E-state index in [1.54, 1.807) is 0 Å². The van der Waals surface area contributed by atoms with Gasteiger partial charge in [-0.2, -0.15) is 0 Å². The van der Waals surface area contributed by atoms with Crippen molar-refractivity contribution in [1.82, 2.24) is 10.6 Å². The molecule has 7 atom stereocenters. The highest BCUT2D eigenvalue weighted by Crippen LogP contribution is 2.61. The molecule has 2 saturated heterocycles. The Labute approximate surface area is 234 Å². The Morgan fingerprint density at radius 2 is 1.95 bits per heavy atom. The third kappa shape index (κ3) is 6.34. The van der Waals surface area contributed by atoms with Crippen LogP contribution in [0, 0.1) is 23.7 Å². The number of epoxide rings is 1. The van der Waals surface area contributed by atoms with Gasteiger partial charge in [0.05, 0.1) is 12.8 Å². The Hall–Kier alpha value is -1.61. The molecule has 0 aromatic heterocycles. The minimum Gasteiger partial charge on any atom is -0.463 e. The van der Waals surface area contributed by atoms with Crippen molar-refractivity contribution >= 4 is 17.5 Å². The van der Waals surface area contributed by atoms with Crippen molar-refractivity contribution < 1.29 is 23.9 Å². The van der Waals surface area contributed by atoms with Crippen LogP contribution >= 0.6 is 0 Å². The number of fused-ring (bicyclic) bond motifs is 2. The highest BCUT2D eigenvalue weighted by Gasteiger charge is 2.86. The summed E-state index contributed by atoms with van der Waals surface area (Å²) >= 11 is 0. The normalized spacial score (nSPS) is 35.2. The summed E-state index contributed by atoms with van der Waals surface area (Å²) in [5, 5.41) is 6.64. The third-order valence-electron chi connectivity index (χ3n) is 9.66. The SMILES string of the molecule is CCCCC(CNCC)COC(=O)C12OC1(CC=C(C)CCC1CCNC(N)C1)C(=O)C1CCCCC1C2=O. The van der Waals surface area contributed by atoms with Crippen LogP contribution in [0.2, 0.25) is 0 Å². The molecular weight excluding hydrogens is 494 g/mol. The predicted molar refractivity (Wildman–Crippen MR) is 151 cm³/mol. The molecule has 4 fully saturated rings. The lowest BCUT2D eigenvalue weighted by atomic mass is 9.61. The maximum absolute atomic E-state index is 13.9. The van der Waals surface area contributed by atoms with Crippen molar-refractivity contribution in [3.63, 3.8) is 0 Å². The van der Waals surface area contributed by atoms with Gasteiger partial charge in [-0.25, -0.2) is 4.79 Å². The average Bonchev–Trinajstić information content (AvgIpc) is 3.65. The summed E-state index contributed by atoms with van der Waals surface area (Å²) in [5.41, 5.74) is 4.05. The molecule has 4 aliphatic rings. The zero-order valence-electron chi connectivity index (χ0n) is 24.4. The van der Waals surface area contributed by atoms with Crippen LogP contribution in [0.5, 0.6) is 0 Å². The second-order valence-electron chi connectivity index (χ2n) is 12.5. The molecule has 2 saturated carbocycles. The second-order valence-corrected chi connectivity index (χ2v) is 12.5. The van der Waals surface area contributed by atoms with Crippen molar-refractivity contribution in [2.45, 2.75) is 115 Å². The van der Waals surface area contributed by atoms with E-state index < -0.39 is 23.1 Å². The first-order valence-electron chi connectivity index (χ1n) is 15.6. The Balaban J connectivity index is 1.47. The first kappa shape index (κ1) is 30.4. The summed E-state index contributed by atoms with van der Waals surface area (Å²) in [6.45, 7) is 9.04. The number of ether oxygens (including phenoxy) is 2. The summed E-state index contributed by atoms with van der Waals surface area (Å²) in [4.78, 5) is 41.5. The molecule has 0 spiro atoms. The number of Topliss-reactive ketones (excluding diaryl/α,β-unsaturated/α-hetero) is 2. The third-order valence-corrected chi connectivity index (χ3v) is 9.66. The van der Waals surface area contributed by atoms with Gasteiger partial charge in [0.25, 0.3) is 5.60 Å². The molecule has 0 amide bonds. The zero-order chi connectivity index (χ0) is 28.0. The molecule has 7 unspecified atom stereocenters. The van der Waals surface area contributed by atoms with Gasteiger partial charge < -0.3 is 25.8 Å². The maximum atomic E-state index is 13.9. The fourth-order valence-electron chi connectivity index (χ4n) is 7.15. The van der Waals surface area contributed by atoms with Crippen LogP contribution in [0.4, 0.5) is 0 Å². The fraction of sp³-hybridized carbons (Fsp3) is 0.839. The first-order chi connectivity index (χ1) is 18.8. The molecule has 0 radical (unpaired) electrons. The Morgan fingerprint density at radius 1 is 1.21 bits per heavy atom. The van der Waals surface area contributed by atoms with Crippen LogP contribution in [-0.2, 0) is 23.9 Å². The number of rotatable bonds is 14. The molecule has 4 N–H and O–H groups in total. The number of esters is 1. The Bertz CT molecular complexity index is 914. The number of carbonyl (C=O) groups excluding carboxylic acids is 3. The topological polar surface area (TPSA) is 123 Å². The lowest BCUT2D eigenvalue weighted by Crippen LogP contribution is -2.58. The van der Waals surface area contributed by atoms with Gasteiger partial charge in [-0.05, 0) is 70.9 Å². The zero-order valence-corrected chi connectivity index (χ0v) is 24.4. The number of carbonyl (C=O) groups is 3. The molecule has 2 aliphatic heterocycles. The Morgan fingerprint density at radius 3 is 2.64 bits per heavy atom. The molecule has 8 nitrogen and oxygen atoms in total. The number of hydrogen-bond acceptors (Lipinski definition) is 8. The van der Waals surface area contributed by atoms with Crippen LogP contribution in [-0.4, -0.2) is 61.1 Å². The van der Waals surface area contributed by atoms with Crippen molar-refractivity contribution in [2.24, 2.45) is 29.4 Å². The van der Waals surface area contributed by atoms with E-state index >= 15 is 0 Å². The lowest BCUT2D eigenvalue weighted by Gasteiger charge is -2.36. The first-order valence-corrected chi connectivity index (χ1v) is 15.6. The molecular formula is C31H51N3O5. The molecule has 39 heavy (non-hydrogen) atoms. The van der Waals surface area contributed by atoms with Crippen LogP contribution in [0.25, 0.3) is 0 Å². The number of nitrogens with two attached hydrogens (primary N) is 1. The van der Waals surface area contributed by atoms with E-state index in [-0.39, 0.29) is 42.6 Å². The minimum atomic E-state index is -1.77. The van der Waals surface area contributed by atoms with Crippen LogP contribution in [0.3, 0.4) is 0 Å². The molecule has 4 rings (SSSR count). The molecule has 220 valence electrons. The molecule has 2 heterocycles. The van der Waals surface area contributed by atoms with Gasteiger partial charge >= 0.3 is 5.97 Å². The van der Waals surface area contributed by atoms with Gasteiger partial charge in [0.2, 0.25) is 0 Å². The number of unbranched alkanes of at least 4 members (excludes halogenated alkanes) is 1. The van der Waals surface area contributed by atoms with E-state index in [9.17, 15) is 14.4 Å². The van der Waals surface area contributed by atoms with E-state index in [0.717, 1.165) is 83.0 Å². The predicted octanol–water partition coefficient (Wildman–Crippen LogP) is 3.81. The van der Waals surface area contributed by atoms with Gasteiger partial charge in [-0.3, -0.25) is 9.59 Å². The molecule has 0 aromatic rings. The van der Waals surface area contributed by atoms with Gasteiger partial charge in [0.1, 0.15) is 0 Å². The number of allylic oxidation sites excluding steroid dienone is 1. The average molecular weight is 546 g/mol.